The van der Waals surface area contributed by atoms with Crippen LogP contribution in [0.1, 0.15) is 42.2 Å². The lowest BCUT2D eigenvalue weighted by Gasteiger charge is -2.27. The average Bonchev–Trinajstić information content (AvgIpc) is 2.73. The zero-order valence-corrected chi connectivity index (χ0v) is 16.1. The molecule has 0 aliphatic carbocycles. The highest BCUT2D eigenvalue weighted by molar-refractivity contribution is 5.98. The summed E-state index contributed by atoms with van der Waals surface area (Å²) in [5.74, 6) is -0.0536. The molecule has 1 unspecified atom stereocenters. The van der Waals surface area contributed by atoms with Crippen LogP contribution in [0, 0.1) is 0 Å². The smallest absolute Gasteiger partial charge is 0.251 e. The summed E-state index contributed by atoms with van der Waals surface area (Å²) in [6, 6.07) is 19.7. The van der Waals surface area contributed by atoms with Crippen molar-refractivity contribution >= 4 is 16.8 Å². The summed E-state index contributed by atoms with van der Waals surface area (Å²) < 4.78 is 0. The van der Waals surface area contributed by atoms with Gasteiger partial charge in [0, 0.05) is 23.7 Å². The first-order valence-corrected chi connectivity index (χ1v) is 9.64. The Labute approximate surface area is 161 Å². The molecule has 0 saturated heterocycles. The van der Waals surface area contributed by atoms with Crippen LogP contribution in [0.3, 0.4) is 0 Å². The van der Waals surface area contributed by atoms with Gasteiger partial charge in [0.15, 0.2) is 0 Å². The van der Waals surface area contributed by atoms with Crippen molar-refractivity contribution in [3.05, 3.63) is 78.0 Å². The molecule has 0 bridgehead atoms. The SMILES string of the molecule is CCCN(CC)CC(NC(=O)c1ccc2ncccc2c1)c1ccccc1. The van der Waals surface area contributed by atoms with Crippen molar-refractivity contribution in [3.63, 3.8) is 0 Å². The highest BCUT2D eigenvalue weighted by atomic mass is 16.1. The molecule has 3 aromatic rings. The third kappa shape index (κ3) is 4.92. The van der Waals surface area contributed by atoms with Gasteiger partial charge in [-0.15, -0.1) is 0 Å². The van der Waals surface area contributed by atoms with Crippen LogP contribution in [0.4, 0.5) is 0 Å². The van der Waals surface area contributed by atoms with Gasteiger partial charge in [-0.1, -0.05) is 50.2 Å². The number of carbonyl (C=O) groups is 1. The van der Waals surface area contributed by atoms with Crippen LogP contribution >= 0.6 is 0 Å². The summed E-state index contributed by atoms with van der Waals surface area (Å²) in [5.41, 5.74) is 2.69. The molecule has 2 aromatic carbocycles. The Kier molecular flexibility index (Phi) is 6.55. The van der Waals surface area contributed by atoms with Crippen LogP contribution < -0.4 is 5.32 Å². The Morgan fingerprint density at radius 1 is 1.07 bits per heavy atom. The van der Waals surface area contributed by atoms with Crippen molar-refractivity contribution < 1.29 is 4.79 Å². The van der Waals surface area contributed by atoms with E-state index < -0.39 is 0 Å². The van der Waals surface area contributed by atoms with E-state index in [-0.39, 0.29) is 11.9 Å². The largest absolute Gasteiger partial charge is 0.344 e. The van der Waals surface area contributed by atoms with E-state index in [0.29, 0.717) is 5.56 Å². The summed E-state index contributed by atoms with van der Waals surface area (Å²) >= 11 is 0. The average molecular weight is 361 g/mol. The van der Waals surface area contributed by atoms with E-state index in [1.807, 2.05) is 48.5 Å². The number of aromatic nitrogens is 1. The third-order valence-electron chi connectivity index (χ3n) is 4.80. The zero-order chi connectivity index (χ0) is 19.1. The number of pyridine rings is 1. The molecule has 1 N–H and O–H groups in total. The Balaban J connectivity index is 1.82. The van der Waals surface area contributed by atoms with E-state index in [1.165, 1.54) is 0 Å². The Hall–Kier alpha value is -2.72. The lowest BCUT2D eigenvalue weighted by molar-refractivity contribution is 0.0925. The highest BCUT2D eigenvalue weighted by Crippen LogP contribution is 2.18. The minimum absolute atomic E-state index is 0.0465. The molecule has 1 heterocycles. The number of rotatable bonds is 8. The molecule has 27 heavy (non-hydrogen) atoms. The second-order valence-corrected chi connectivity index (χ2v) is 6.74. The highest BCUT2D eigenvalue weighted by Gasteiger charge is 2.18. The predicted octanol–water partition coefficient (Wildman–Crippen LogP) is 4.44. The molecule has 0 aliphatic rings. The van der Waals surface area contributed by atoms with E-state index in [1.54, 1.807) is 6.20 Å². The van der Waals surface area contributed by atoms with E-state index >= 15 is 0 Å². The van der Waals surface area contributed by atoms with Crippen molar-refractivity contribution in [1.82, 2.24) is 15.2 Å². The quantitative estimate of drug-likeness (QED) is 0.645. The van der Waals surface area contributed by atoms with E-state index in [9.17, 15) is 4.79 Å². The van der Waals surface area contributed by atoms with Gasteiger partial charge in [0.25, 0.3) is 5.91 Å². The van der Waals surface area contributed by atoms with Crippen LogP contribution in [0.25, 0.3) is 10.9 Å². The molecule has 1 atom stereocenters. The number of amides is 1. The first kappa shape index (κ1) is 19.1. The van der Waals surface area contributed by atoms with Gasteiger partial charge < -0.3 is 10.2 Å². The van der Waals surface area contributed by atoms with Gasteiger partial charge in [0.05, 0.1) is 11.6 Å². The Morgan fingerprint density at radius 3 is 2.63 bits per heavy atom. The lowest BCUT2D eigenvalue weighted by atomic mass is 10.0. The molecule has 0 spiro atoms. The second-order valence-electron chi connectivity index (χ2n) is 6.74. The van der Waals surface area contributed by atoms with Crippen LogP contribution in [0.5, 0.6) is 0 Å². The summed E-state index contributed by atoms with van der Waals surface area (Å²) in [6.07, 6.45) is 2.86. The van der Waals surface area contributed by atoms with Gasteiger partial charge in [0.1, 0.15) is 0 Å². The van der Waals surface area contributed by atoms with Crippen LogP contribution in [-0.2, 0) is 0 Å². The number of carbonyl (C=O) groups excluding carboxylic acids is 1. The van der Waals surface area contributed by atoms with Crippen molar-refractivity contribution in [1.29, 1.82) is 0 Å². The normalized spacial score (nSPS) is 12.3. The van der Waals surface area contributed by atoms with E-state index in [4.69, 9.17) is 0 Å². The maximum Gasteiger partial charge on any atom is 0.251 e. The molecule has 0 radical (unpaired) electrons. The van der Waals surface area contributed by atoms with Crippen molar-refractivity contribution in [2.45, 2.75) is 26.3 Å². The van der Waals surface area contributed by atoms with E-state index in [2.05, 4.69) is 41.2 Å². The minimum Gasteiger partial charge on any atom is -0.344 e. The van der Waals surface area contributed by atoms with Gasteiger partial charge in [0.2, 0.25) is 0 Å². The van der Waals surface area contributed by atoms with Gasteiger partial charge in [-0.05, 0) is 49.3 Å². The number of benzene rings is 2. The number of nitrogens with one attached hydrogen (secondary N) is 1. The first-order chi connectivity index (χ1) is 13.2. The van der Waals surface area contributed by atoms with Crippen LogP contribution in [-0.4, -0.2) is 35.4 Å². The molecule has 140 valence electrons. The van der Waals surface area contributed by atoms with Crippen LogP contribution in [0.2, 0.25) is 0 Å². The molecule has 4 nitrogen and oxygen atoms in total. The Morgan fingerprint density at radius 2 is 1.89 bits per heavy atom. The molecule has 0 aliphatic heterocycles. The van der Waals surface area contributed by atoms with Gasteiger partial charge in [-0.2, -0.15) is 0 Å². The number of nitrogens with zero attached hydrogens (tertiary/aromatic N) is 2. The van der Waals surface area contributed by atoms with E-state index in [0.717, 1.165) is 42.5 Å². The topological polar surface area (TPSA) is 45.2 Å². The lowest BCUT2D eigenvalue weighted by Crippen LogP contribution is -2.38. The standard InChI is InChI=1S/C23H27N3O/c1-3-15-26(4-2)17-22(18-9-6-5-7-10-18)25-23(27)20-12-13-21-19(16-20)11-8-14-24-21/h5-14,16,22H,3-4,15,17H2,1-2H3,(H,25,27). The number of fused-ring (bicyclic) bond motifs is 1. The maximum atomic E-state index is 12.9. The minimum atomic E-state index is -0.0536. The third-order valence-corrected chi connectivity index (χ3v) is 4.80. The second kappa shape index (κ2) is 9.28. The number of hydrogen-bond donors (Lipinski definition) is 1. The summed E-state index contributed by atoms with van der Waals surface area (Å²) in [6.45, 7) is 7.14. The molecule has 1 aromatic heterocycles. The fourth-order valence-corrected chi connectivity index (χ4v) is 3.33. The maximum absolute atomic E-state index is 12.9. The summed E-state index contributed by atoms with van der Waals surface area (Å²) in [4.78, 5) is 19.6. The fourth-order valence-electron chi connectivity index (χ4n) is 3.33. The Bertz CT molecular complexity index is 879. The van der Waals surface area contributed by atoms with Crippen molar-refractivity contribution in [2.75, 3.05) is 19.6 Å². The molecular formula is C23H27N3O. The van der Waals surface area contributed by atoms with Gasteiger partial charge in [-0.3, -0.25) is 9.78 Å². The number of hydrogen-bond acceptors (Lipinski definition) is 3. The molecule has 0 saturated carbocycles. The summed E-state index contributed by atoms with van der Waals surface area (Å²) in [5, 5.41) is 4.21. The summed E-state index contributed by atoms with van der Waals surface area (Å²) in [7, 11) is 0. The molecule has 3 rings (SSSR count). The zero-order valence-electron chi connectivity index (χ0n) is 16.1. The van der Waals surface area contributed by atoms with Crippen LogP contribution in [0.15, 0.2) is 66.9 Å². The first-order valence-electron chi connectivity index (χ1n) is 9.64. The van der Waals surface area contributed by atoms with Crippen molar-refractivity contribution in [2.24, 2.45) is 0 Å². The molecule has 4 heteroatoms. The van der Waals surface area contributed by atoms with Gasteiger partial charge >= 0.3 is 0 Å². The number of likely N-dealkylation sites (N-methyl/N-ethyl adjacent to an activating group) is 1. The van der Waals surface area contributed by atoms with Crippen molar-refractivity contribution in [3.8, 4) is 0 Å². The predicted molar refractivity (Wildman–Crippen MR) is 111 cm³/mol. The fraction of sp³-hybridized carbons (Fsp3) is 0.304. The monoisotopic (exact) mass is 361 g/mol. The molecular weight excluding hydrogens is 334 g/mol. The van der Waals surface area contributed by atoms with Gasteiger partial charge in [-0.25, -0.2) is 0 Å². The molecule has 0 fully saturated rings. The molecule has 1 amide bonds.